The Bertz CT molecular complexity index is 957. The number of rotatable bonds is 6. The number of morpholine rings is 2. The summed E-state index contributed by atoms with van der Waals surface area (Å²) in [6.07, 6.45) is 2.72. The fourth-order valence-electron chi connectivity index (χ4n) is 4.25. The van der Waals surface area contributed by atoms with E-state index in [4.69, 9.17) is 14.5 Å². The molecule has 3 aliphatic rings. The Hall–Kier alpha value is -2.98. The summed E-state index contributed by atoms with van der Waals surface area (Å²) in [6, 6.07) is 4.01. The topological polar surface area (TPSA) is 95.9 Å². The van der Waals surface area contributed by atoms with Crippen molar-refractivity contribution in [3.05, 3.63) is 29.6 Å². The minimum atomic E-state index is -0.0254. The number of carbonyl (C=O) groups is 1. The highest BCUT2D eigenvalue weighted by atomic mass is 16.5. The maximum atomic E-state index is 13.0. The van der Waals surface area contributed by atoms with Gasteiger partial charge in [-0.1, -0.05) is 6.92 Å². The average Bonchev–Trinajstić information content (AvgIpc) is 3.16. The zero-order valence-electron chi connectivity index (χ0n) is 18.4. The third kappa shape index (κ3) is 4.20. The second-order valence-electron chi connectivity index (χ2n) is 8.15. The molecule has 0 aromatic carbocycles. The van der Waals surface area contributed by atoms with Gasteiger partial charge in [-0.2, -0.15) is 4.98 Å². The van der Waals surface area contributed by atoms with Gasteiger partial charge in [0.05, 0.1) is 44.9 Å². The number of fused-ring (bicyclic) bond motifs is 1. The molecule has 0 atom stereocenters. The molecule has 0 spiro atoms. The van der Waals surface area contributed by atoms with Crippen molar-refractivity contribution in [2.75, 3.05) is 74.3 Å². The number of anilines is 4. The molecule has 32 heavy (non-hydrogen) atoms. The van der Waals surface area contributed by atoms with Crippen LogP contribution in [0.3, 0.4) is 0 Å². The minimum absolute atomic E-state index is 0.0254. The fourth-order valence-corrected chi connectivity index (χ4v) is 4.25. The number of carbonyl (C=O) groups excluding carboxylic acids is 1. The maximum Gasteiger partial charge on any atom is 0.273 e. The van der Waals surface area contributed by atoms with Crippen LogP contribution in [0.2, 0.25) is 0 Å². The SMILES string of the molecule is CCCN1Cc2c(Nc3ccc(N4CCOCC4)nc3)nc(N3CCOCC3)nc2C1=O. The van der Waals surface area contributed by atoms with E-state index < -0.39 is 0 Å². The normalized spacial score (nSPS) is 18.8. The Balaban J connectivity index is 1.42. The summed E-state index contributed by atoms with van der Waals surface area (Å²) < 4.78 is 10.9. The molecule has 2 aromatic rings. The third-order valence-corrected chi connectivity index (χ3v) is 5.97. The molecule has 0 bridgehead atoms. The van der Waals surface area contributed by atoms with Crippen molar-refractivity contribution in [1.82, 2.24) is 19.9 Å². The molecule has 1 amide bonds. The van der Waals surface area contributed by atoms with Gasteiger partial charge < -0.3 is 29.5 Å². The number of aromatic nitrogens is 3. The summed E-state index contributed by atoms with van der Waals surface area (Å²) in [6.45, 7) is 9.11. The predicted molar refractivity (Wildman–Crippen MR) is 121 cm³/mol. The second-order valence-corrected chi connectivity index (χ2v) is 8.15. The van der Waals surface area contributed by atoms with E-state index in [0.29, 0.717) is 56.9 Å². The van der Waals surface area contributed by atoms with Gasteiger partial charge in [-0.05, 0) is 18.6 Å². The number of ether oxygens (including phenoxy) is 2. The lowest BCUT2D eigenvalue weighted by Crippen LogP contribution is -2.37. The summed E-state index contributed by atoms with van der Waals surface area (Å²) in [5, 5.41) is 3.40. The third-order valence-electron chi connectivity index (χ3n) is 5.97. The van der Waals surface area contributed by atoms with E-state index in [0.717, 1.165) is 49.8 Å². The molecule has 5 heterocycles. The summed E-state index contributed by atoms with van der Waals surface area (Å²) >= 11 is 0. The van der Waals surface area contributed by atoms with Gasteiger partial charge in [0.2, 0.25) is 5.95 Å². The van der Waals surface area contributed by atoms with Crippen LogP contribution in [0, 0.1) is 0 Å². The Kier molecular flexibility index (Phi) is 6.04. The van der Waals surface area contributed by atoms with Crippen molar-refractivity contribution in [2.45, 2.75) is 19.9 Å². The van der Waals surface area contributed by atoms with Crippen molar-refractivity contribution >= 4 is 29.2 Å². The molecule has 0 saturated carbocycles. The van der Waals surface area contributed by atoms with E-state index in [-0.39, 0.29) is 5.91 Å². The first-order chi connectivity index (χ1) is 15.7. The van der Waals surface area contributed by atoms with E-state index >= 15 is 0 Å². The zero-order valence-corrected chi connectivity index (χ0v) is 18.4. The van der Waals surface area contributed by atoms with Gasteiger partial charge in [0.1, 0.15) is 17.3 Å². The molecule has 0 unspecified atom stereocenters. The van der Waals surface area contributed by atoms with Gasteiger partial charge in [-0.15, -0.1) is 0 Å². The number of amides is 1. The Morgan fingerprint density at radius 2 is 1.72 bits per heavy atom. The van der Waals surface area contributed by atoms with Gasteiger partial charge >= 0.3 is 0 Å². The first-order valence-corrected chi connectivity index (χ1v) is 11.3. The average molecular weight is 440 g/mol. The number of hydrogen-bond donors (Lipinski definition) is 1. The predicted octanol–water partition coefficient (Wildman–Crippen LogP) is 1.65. The Morgan fingerprint density at radius 1 is 1.00 bits per heavy atom. The molecule has 5 rings (SSSR count). The summed E-state index contributed by atoms with van der Waals surface area (Å²) in [7, 11) is 0. The smallest absolute Gasteiger partial charge is 0.273 e. The number of nitrogens with zero attached hydrogens (tertiary/aromatic N) is 6. The molecular weight excluding hydrogens is 410 g/mol. The second kappa shape index (κ2) is 9.25. The minimum Gasteiger partial charge on any atom is -0.378 e. The highest BCUT2D eigenvalue weighted by molar-refractivity contribution is 5.98. The van der Waals surface area contributed by atoms with Crippen LogP contribution >= 0.6 is 0 Å². The highest BCUT2D eigenvalue weighted by Gasteiger charge is 2.33. The molecular formula is C22H29N7O3. The number of pyridine rings is 1. The molecule has 3 aliphatic heterocycles. The molecule has 0 radical (unpaired) electrons. The van der Waals surface area contributed by atoms with Crippen LogP contribution in [-0.2, 0) is 16.0 Å². The van der Waals surface area contributed by atoms with Crippen LogP contribution in [0.5, 0.6) is 0 Å². The molecule has 1 N–H and O–H groups in total. The zero-order chi connectivity index (χ0) is 21.9. The first-order valence-electron chi connectivity index (χ1n) is 11.3. The molecule has 2 saturated heterocycles. The van der Waals surface area contributed by atoms with Crippen LogP contribution in [0.25, 0.3) is 0 Å². The summed E-state index contributed by atoms with van der Waals surface area (Å²) in [5.41, 5.74) is 2.17. The molecule has 170 valence electrons. The van der Waals surface area contributed by atoms with Gasteiger partial charge in [0, 0.05) is 38.3 Å². The van der Waals surface area contributed by atoms with Gasteiger partial charge in [-0.25, -0.2) is 9.97 Å². The van der Waals surface area contributed by atoms with E-state index in [2.05, 4.69) is 32.0 Å². The Morgan fingerprint density at radius 3 is 2.38 bits per heavy atom. The lowest BCUT2D eigenvalue weighted by atomic mass is 10.2. The van der Waals surface area contributed by atoms with Crippen molar-refractivity contribution < 1.29 is 14.3 Å². The number of hydrogen-bond acceptors (Lipinski definition) is 9. The van der Waals surface area contributed by atoms with Crippen LogP contribution in [0.1, 0.15) is 29.4 Å². The van der Waals surface area contributed by atoms with Crippen molar-refractivity contribution in [3.63, 3.8) is 0 Å². The summed E-state index contributed by atoms with van der Waals surface area (Å²) in [4.78, 5) is 33.2. The molecule has 0 aliphatic carbocycles. The first kappa shape index (κ1) is 20.9. The van der Waals surface area contributed by atoms with Gasteiger partial charge in [0.25, 0.3) is 5.91 Å². The van der Waals surface area contributed by atoms with Crippen molar-refractivity contribution in [3.8, 4) is 0 Å². The standard InChI is InChI=1S/C22H29N7O3/c1-2-5-29-15-17-19(21(29)30)25-22(28-8-12-32-13-9-28)26-20(17)24-16-3-4-18(23-14-16)27-6-10-31-11-7-27/h3-4,14H,2,5-13,15H2,1H3,(H,24,25,26). The maximum absolute atomic E-state index is 13.0. The van der Waals surface area contributed by atoms with E-state index in [1.807, 2.05) is 23.2 Å². The van der Waals surface area contributed by atoms with Crippen LogP contribution in [0.15, 0.2) is 18.3 Å². The number of nitrogens with one attached hydrogen (secondary N) is 1. The molecule has 10 nitrogen and oxygen atoms in total. The Labute approximate surface area is 187 Å². The molecule has 2 fully saturated rings. The van der Waals surface area contributed by atoms with Gasteiger partial charge in [-0.3, -0.25) is 4.79 Å². The van der Waals surface area contributed by atoms with E-state index in [1.165, 1.54) is 0 Å². The lowest BCUT2D eigenvalue weighted by molar-refractivity contribution is 0.0774. The lowest BCUT2D eigenvalue weighted by Gasteiger charge is -2.28. The van der Waals surface area contributed by atoms with Gasteiger partial charge in [0.15, 0.2) is 0 Å². The fraction of sp³-hybridized carbons (Fsp3) is 0.545. The van der Waals surface area contributed by atoms with E-state index in [1.54, 1.807) is 0 Å². The summed E-state index contributed by atoms with van der Waals surface area (Å²) in [5.74, 6) is 2.15. The quantitative estimate of drug-likeness (QED) is 0.721. The molecule has 10 heteroatoms. The molecule has 2 aromatic heterocycles. The van der Waals surface area contributed by atoms with Crippen LogP contribution in [-0.4, -0.2) is 84.9 Å². The van der Waals surface area contributed by atoms with Crippen LogP contribution in [0.4, 0.5) is 23.3 Å². The van der Waals surface area contributed by atoms with Crippen molar-refractivity contribution in [2.24, 2.45) is 0 Å². The van der Waals surface area contributed by atoms with Crippen molar-refractivity contribution in [1.29, 1.82) is 0 Å². The monoisotopic (exact) mass is 439 g/mol. The largest absolute Gasteiger partial charge is 0.378 e. The van der Waals surface area contributed by atoms with E-state index in [9.17, 15) is 4.79 Å². The highest BCUT2D eigenvalue weighted by Crippen LogP contribution is 2.31. The van der Waals surface area contributed by atoms with Crippen LogP contribution < -0.4 is 15.1 Å².